The van der Waals surface area contributed by atoms with Crippen molar-refractivity contribution in [1.29, 1.82) is 0 Å². The number of benzene rings is 1. The van der Waals surface area contributed by atoms with Crippen molar-refractivity contribution in [3.63, 3.8) is 0 Å². The highest BCUT2D eigenvalue weighted by Crippen LogP contribution is 2.23. The van der Waals surface area contributed by atoms with E-state index in [4.69, 9.17) is 0 Å². The van der Waals surface area contributed by atoms with Crippen LogP contribution < -0.4 is 5.56 Å². The first-order valence-corrected chi connectivity index (χ1v) is 9.50. The Balaban J connectivity index is 1.53. The summed E-state index contributed by atoms with van der Waals surface area (Å²) in [7, 11) is 1.68. The third-order valence-electron chi connectivity index (χ3n) is 5.23. The van der Waals surface area contributed by atoms with Gasteiger partial charge in [-0.3, -0.25) is 14.7 Å². The molecule has 0 unspecified atom stereocenters. The zero-order chi connectivity index (χ0) is 19.7. The van der Waals surface area contributed by atoms with Gasteiger partial charge in [0.25, 0.3) is 11.5 Å². The van der Waals surface area contributed by atoms with Gasteiger partial charge in [-0.2, -0.15) is 5.10 Å². The number of carbonyl (C=O) groups excluding carboxylic acids is 1. The molecule has 0 saturated heterocycles. The number of nitrogens with zero attached hydrogens (tertiary/aromatic N) is 3. The molecule has 0 atom stereocenters. The summed E-state index contributed by atoms with van der Waals surface area (Å²) in [5.41, 5.74) is 4.79. The van der Waals surface area contributed by atoms with Gasteiger partial charge in [-0.25, -0.2) is 4.98 Å². The molecule has 1 aromatic carbocycles. The van der Waals surface area contributed by atoms with E-state index in [0.29, 0.717) is 12.4 Å². The van der Waals surface area contributed by atoms with Gasteiger partial charge in [0.2, 0.25) is 0 Å². The molecule has 0 radical (unpaired) electrons. The van der Waals surface area contributed by atoms with Crippen molar-refractivity contribution in [2.75, 3.05) is 7.05 Å². The third-order valence-corrected chi connectivity index (χ3v) is 5.23. The van der Waals surface area contributed by atoms with Gasteiger partial charge in [0.15, 0.2) is 0 Å². The summed E-state index contributed by atoms with van der Waals surface area (Å²) in [6.45, 7) is 2.36. The van der Waals surface area contributed by atoms with Crippen LogP contribution in [0.1, 0.15) is 45.7 Å². The Morgan fingerprint density at radius 1 is 1.18 bits per heavy atom. The Labute approximate surface area is 162 Å². The molecule has 0 fully saturated rings. The van der Waals surface area contributed by atoms with Crippen molar-refractivity contribution in [3.8, 4) is 11.4 Å². The maximum Gasteiger partial charge on any atom is 0.264 e. The summed E-state index contributed by atoms with van der Waals surface area (Å²) in [5.74, 6) is 0.0855. The lowest BCUT2D eigenvalue weighted by Crippen LogP contribution is -2.32. The lowest BCUT2D eigenvalue weighted by molar-refractivity contribution is 0.0781. The Kier molecular flexibility index (Phi) is 4.81. The van der Waals surface area contributed by atoms with Crippen LogP contribution in [-0.2, 0) is 19.4 Å². The van der Waals surface area contributed by atoms with Crippen LogP contribution in [-0.4, -0.2) is 38.0 Å². The minimum Gasteiger partial charge on any atom is -0.335 e. The van der Waals surface area contributed by atoms with Crippen LogP contribution in [0.4, 0.5) is 0 Å². The van der Waals surface area contributed by atoms with Crippen molar-refractivity contribution >= 4 is 5.91 Å². The van der Waals surface area contributed by atoms with E-state index >= 15 is 0 Å². The minimum absolute atomic E-state index is 0.0303. The molecule has 1 aliphatic carbocycles. The Bertz CT molecular complexity index is 1070. The molecule has 7 heteroatoms. The summed E-state index contributed by atoms with van der Waals surface area (Å²) < 4.78 is 0. The SMILES string of the molecule is Cc1ccc(-c2ncc(C(=O)N(C)Cc3n[nH]c4c3CCCC4)c(=O)[nH]2)cc1. The maximum absolute atomic E-state index is 12.8. The summed E-state index contributed by atoms with van der Waals surface area (Å²) in [5, 5.41) is 7.46. The minimum atomic E-state index is -0.438. The zero-order valence-corrected chi connectivity index (χ0v) is 16.1. The fraction of sp³-hybridized carbons (Fsp3) is 0.333. The van der Waals surface area contributed by atoms with E-state index in [1.165, 1.54) is 22.4 Å². The summed E-state index contributed by atoms with van der Waals surface area (Å²) in [6.07, 6.45) is 5.65. The van der Waals surface area contributed by atoms with Crippen molar-refractivity contribution in [2.24, 2.45) is 0 Å². The van der Waals surface area contributed by atoms with Gasteiger partial charge in [-0.15, -0.1) is 0 Å². The summed E-state index contributed by atoms with van der Waals surface area (Å²) in [4.78, 5) is 33.8. The normalized spacial score (nSPS) is 13.2. The van der Waals surface area contributed by atoms with Gasteiger partial charge in [0.05, 0.1) is 12.2 Å². The molecule has 3 aromatic rings. The molecule has 2 N–H and O–H groups in total. The number of aromatic amines is 2. The lowest BCUT2D eigenvalue weighted by Gasteiger charge is -2.17. The number of rotatable bonds is 4. The van der Waals surface area contributed by atoms with E-state index in [2.05, 4.69) is 20.2 Å². The zero-order valence-electron chi connectivity index (χ0n) is 16.1. The van der Waals surface area contributed by atoms with Crippen LogP contribution in [0.2, 0.25) is 0 Å². The molecule has 0 bridgehead atoms. The molecule has 144 valence electrons. The number of aryl methyl sites for hydroxylation is 2. The first-order valence-electron chi connectivity index (χ1n) is 9.50. The second kappa shape index (κ2) is 7.42. The van der Waals surface area contributed by atoms with Crippen LogP contribution in [0.5, 0.6) is 0 Å². The molecule has 0 saturated carbocycles. The standard InChI is InChI=1S/C21H23N5O2/c1-13-7-9-14(10-8-13)19-22-11-16(20(27)23-19)21(28)26(2)12-18-15-5-3-4-6-17(15)24-25-18/h7-11H,3-6,12H2,1-2H3,(H,24,25)(H,22,23,27). The fourth-order valence-corrected chi connectivity index (χ4v) is 3.59. The van der Waals surface area contributed by atoms with Gasteiger partial charge in [-0.05, 0) is 38.2 Å². The number of aromatic nitrogens is 4. The smallest absolute Gasteiger partial charge is 0.264 e. The number of amides is 1. The monoisotopic (exact) mass is 377 g/mol. The van der Waals surface area contributed by atoms with E-state index in [0.717, 1.165) is 42.5 Å². The molecule has 2 aromatic heterocycles. The van der Waals surface area contributed by atoms with E-state index in [9.17, 15) is 9.59 Å². The summed E-state index contributed by atoms with van der Waals surface area (Å²) in [6, 6.07) is 7.68. The van der Waals surface area contributed by atoms with E-state index in [1.807, 2.05) is 31.2 Å². The maximum atomic E-state index is 12.8. The Hall–Kier alpha value is -3.22. The topological polar surface area (TPSA) is 94.7 Å². The van der Waals surface area contributed by atoms with Crippen LogP contribution >= 0.6 is 0 Å². The molecule has 28 heavy (non-hydrogen) atoms. The third kappa shape index (κ3) is 3.47. The molecule has 4 rings (SSSR count). The van der Waals surface area contributed by atoms with Crippen LogP contribution in [0, 0.1) is 6.92 Å². The first kappa shape index (κ1) is 18.2. The van der Waals surface area contributed by atoms with Gasteiger partial charge in [0, 0.05) is 24.5 Å². The average molecular weight is 377 g/mol. The van der Waals surface area contributed by atoms with E-state index in [-0.39, 0.29) is 11.5 Å². The number of carbonyl (C=O) groups is 1. The highest BCUT2D eigenvalue weighted by Gasteiger charge is 2.22. The number of hydrogen-bond acceptors (Lipinski definition) is 4. The summed E-state index contributed by atoms with van der Waals surface area (Å²) >= 11 is 0. The number of fused-ring (bicyclic) bond motifs is 1. The van der Waals surface area contributed by atoms with Crippen LogP contribution in [0.15, 0.2) is 35.3 Å². The Morgan fingerprint density at radius 2 is 1.93 bits per heavy atom. The molecule has 0 spiro atoms. The largest absolute Gasteiger partial charge is 0.335 e. The van der Waals surface area contributed by atoms with Gasteiger partial charge in [0.1, 0.15) is 11.4 Å². The van der Waals surface area contributed by atoms with Crippen molar-refractivity contribution < 1.29 is 4.79 Å². The second-order valence-corrected chi connectivity index (χ2v) is 7.34. The number of hydrogen-bond donors (Lipinski definition) is 2. The predicted molar refractivity (Wildman–Crippen MR) is 106 cm³/mol. The average Bonchev–Trinajstić information content (AvgIpc) is 3.11. The lowest BCUT2D eigenvalue weighted by atomic mass is 9.96. The first-order chi connectivity index (χ1) is 13.5. The highest BCUT2D eigenvalue weighted by molar-refractivity contribution is 5.93. The van der Waals surface area contributed by atoms with E-state index in [1.54, 1.807) is 7.05 Å². The Morgan fingerprint density at radius 3 is 2.68 bits per heavy atom. The van der Waals surface area contributed by atoms with Gasteiger partial charge >= 0.3 is 0 Å². The predicted octanol–water partition coefficient (Wildman–Crippen LogP) is 2.62. The number of nitrogens with one attached hydrogen (secondary N) is 2. The molecule has 0 aliphatic heterocycles. The van der Waals surface area contributed by atoms with Gasteiger partial charge in [-0.1, -0.05) is 29.8 Å². The van der Waals surface area contributed by atoms with E-state index < -0.39 is 5.56 Å². The van der Waals surface area contributed by atoms with Crippen LogP contribution in [0.25, 0.3) is 11.4 Å². The van der Waals surface area contributed by atoms with Crippen molar-refractivity contribution in [1.82, 2.24) is 25.1 Å². The van der Waals surface area contributed by atoms with Crippen molar-refractivity contribution in [2.45, 2.75) is 39.2 Å². The number of H-pyrrole nitrogens is 2. The second-order valence-electron chi connectivity index (χ2n) is 7.34. The van der Waals surface area contributed by atoms with Gasteiger partial charge < -0.3 is 9.88 Å². The molecular weight excluding hydrogens is 354 g/mol. The molecule has 7 nitrogen and oxygen atoms in total. The highest BCUT2D eigenvalue weighted by atomic mass is 16.2. The van der Waals surface area contributed by atoms with Crippen LogP contribution in [0.3, 0.4) is 0 Å². The molecule has 1 amide bonds. The quantitative estimate of drug-likeness (QED) is 0.731. The van der Waals surface area contributed by atoms with Crippen molar-refractivity contribution in [3.05, 3.63) is 68.9 Å². The molecular formula is C21H23N5O2. The molecule has 2 heterocycles. The molecule has 1 aliphatic rings. The fourth-order valence-electron chi connectivity index (χ4n) is 3.59.